The number of likely N-dealkylation sites (N-methyl/N-ethyl adjacent to an activating group) is 1. The Kier molecular flexibility index (Phi) is 6.40. The molecule has 7 nitrogen and oxygen atoms in total. The molecule has 0 bridgehead atoms. The molecule has 11 heteroatoms. The van der Waals surface area contributed by atoms with Gasteiger partial charge in [-0.25, -0.2) is 9.99 Å². The lowest BCUT2D eigenvalue weighted by molar-refractivity contribution is -0.137. The van der Waals surface area contributed by atoms with Gasteiger partial charge in [0.05, 0.1) is 21.8 Å². The standard InChI is InChI=1S/C27H26F3N7S/c1-35-12-14-36(15-13-35)23-8-7-19(17-20(23)27(28,29)30)32-26-33-21-10-16-38-24(21)25(34-26)37-22(9-11-31-37)18-5-3-2-4-6-18/h2-8,10-11,16-17,22H,9,12-15H2,1H3,(H,32,33,34). The molecule has 38 heavy (non-hydrogen) atoms. The highest BCUT2D eigenvalue weighted by atomic mass is 32.1. The minimum Gasteiger partial charge on any atom is -0.368 e. The molecule has 4 heterocycles. The fourth-order valence-corrected chi connectivity index (χ4v) is 5.73. The number of alkyl halides is 3. The molecule has 0 aliphatic carbocycles. The Morgan fingerprint density at radius 2 is 1.76 bits per heavy atom. The summed E-state index contributed by atoms with van der Waals surface area (Å²) in [4.78, 5) is 13.2. The van der Waals surface area contributed by atoms with Crippen LogP contribution in [-0.2, 0) is 6.18 Å². The number of hydrogen-bond acceptors (Lipinski definition) is 8. The van der Waals surface area contributed by atoms with Crippen LogP contribution in [0.2, 0.25) is 0 Å². The van der Waals surface area contributed by atoms with E-state index in [4.69, 9.17) is 4.98 Å². The Morgan fingerprint density at radius 3 is 2.53 bits per heavy atom. The molecule has 2 aliphatic heterocycles. The summed E-state index contributed by atoms with van der Waals surface area (Å²) < 4.78 is 43.2. The zero-order chi connectivity index (χ0) is 26.3. The van der Waals surface area contributed by atoms with Crippen molar-refractivity contribution in [2.24, 2.45) is 5.10 Å². The van der Waals surface area contributed by atoms with Crippen molar-refractivity contribution in [3.63, 3.8) is 0 Å². The number of rotatable bonds is 5. The van der Waals surface area contributed by atoms with Gasteiger partial charge in [-0.3, -0.25) is 0 Å². The minimum absolute atomic E-state index is 0.0241. The summed E-state index contributed by atoms with van der Waals surface area (Å²) in [5.74, 6) is 0.848. The second-order valence-electron chi connectivity index (χ2n) is 9.46. The van der Waals surface area contributed by atoms with Crippen molar-refractivity contribution in [2.45, 2.75) is 18.6 Å². The summed E-state index contributed by atoms with van der Waals surface area (Å²) in [6.07, 6.45) is -1.90. The van der Waals surface area contributed by atoms with Crippen LogP contribution in [0, 0.1) is 0 Å². The summed E-state index contributed by atoms with van der Waals surface area (Å²) in [7, 11) is 1.98. The number of anilines is 4. The number of nitrogens with zero attached hydrogens (tertiary/aromatic N) is 6. The third-order valence-electron chi connectivity index (χ3n) is 6.92. The van der Waals surface area contributed by atoms with E-state index in [-0.39, 0.29) is 23.4 Å². The average Bonchev–Trinajstić information content (AvgIpc) is 3.59. The number of piperazine rings is 1. The van der Waals surface area contributed by atoms with E-state index in [1.807, 2.05) is 47.9 Å². The van der Waals surface area contributed by atoms with Gasteiger partial charge in [0.25, 0.3) is 0 Å². The summed E-state index contributed by atoms with van der Waals surface area (Å²) in [5, 5.41) is 11.4. The Morgan fingerprint density at radius 1 is 0.974 bits per heavy atom. The van der Waals surface area contributed by atoms with Crippen LogP contribution in [0.3, 0.4) is 0 Å². The Bertz CT molecular complexity index is 1460. The lowest BCUT2D eigenvalue weighted by Crippen LogP contribution is -2.45. The van der Waals surface area contributed by atoms with Crippen LogP contribution in [0.1, 0.15) is 23.6 Å². The van der Waals surface area contributed by atoms with Crippen molar-refractivity contribution in [3.05, 3.63) is 71.1 Å². The van der Waals surface area contributed by atoms with E-state index in [2.05, 4.69) is 32.4 Å². The number of halogens is 3. The van der Waals surface area contributed by atoms with Crippen LogP contribution >= 0.6 is 11.3 Å². The fourth-order valence-electron chi connectivity index (χ4n) is 4.92. The quantitative estimate of drug-likeness (QED) is 0.330. The maximum Gasteiger partial charge on any atom is 0.418 e. The smallest absolute Gasteiger partial charge is 0.368 e. The first-order chi connectivity index (χ1) is 18.4. The summed E-state index contributed by atoms with van der Waals surface area (Å²) in [6.45, 7) is 2.54. The van der Waals surface area contributed by atoms with E-state index in [0.29, 0.717) is 24.4 Å². The minimum atomic E-state index is -4.49. The van der Waals surface area contributed by atoms with Crippen LogP contribution in [0.15, 0.2) is 65.1 Å². The largest absolute Gasteiger partial charge is 0.418 e. The van der Waals surface area contributed by atoms with Gasteiger partial charge in [0.2, 0.25) is 5.95 Å². The Hall–Kier alpha value is -3.70. The van der Waals surface area contributed by atoms with Crippen molar-refractivity contribution >= 4 is 50.9 Å². The molecule has 2 aromatic heterocycles. The number of thiophene rings is 1. The van der Waals surface area contributed by atoms with Gasteiger partial charge in [-0.15, -0.1) is 11.3 Å². The third-order valence-corrected chi connectivity index (χ3v) is 7.82. The van der Waals surface area contributed by atoms with Crippen LogP contribution < -0.4 is 15.2 Å². The molecule has 0 spiro atoms. The Balaban J connectivity index is 1.34. The number of nitrogens with one attached hydrogen (secondary N) is 1. The molecular weight excluding hydrogens is 511 g/mol. The van der Waals surface area contributed by atoms with Gasteiger partial charge in [0.15, 0.2) is 5.82 Å². The Labute approximate surface area is 222 Å². The molecular formula is C27H26F3N7S. The first kappa shape index (κ1) is 24.6. The van der Waals surface area contributed by atoms with Gasteiger partial charge >= 0.3 is 6.18 Å². The van der Waals surface area contributed by atoms with E-state index >= 15 is 0 Å². The van der Waals surface area contributed by atoms with E-state index in [1.54, 1.807) is 11.0 Å². The second kappa shape index (κ2) is 9.88. The van der Waals surface area contributed by atoms with Crippen molar-refractivity contribution in [1.29, 1.82) is 0 Å². The molecule has 1 saturated heterocycles. The molecule has 1 atom stereocenters. The fraction of sp³-hybridized carbons (Fsp3) is 0.296. The molecule has 2 aromatic carbocycles. The van der Waals surface area contributed by atoms with Crippen molar-refractivity contribution in [2.75, 3.05) is 48.5 Å². The molecule has 1 unspecified atom stereocenters. The van der Waals surface area contributed by atoms with Gasteiger partial charge < -0.3 is 15.1 Å². The number of hydrogen-bond donors (Lipinski definition) is 1. The van der Waals surface area contributed by atoms with Crippen LogP contribution in [0.5, 0.6) is 0 Å². The number of fused-ring (bicyclic) bond motifs is 1. The number of benzene rings is 2. The molecule has 1 fully saturated rings. The predicted molar refractivity (Wildman–Crippen MR) is 147 cm³/mol. The van der Waals surface area contributed by atoms with Gasteiger partial charge in [0, 0.05) is 50.2 Å². The zero-order valence-corrected chi connectivity index (χ0v) is 21.5. The predicted octanol–water partition coefficient (Wildman–Crippen LogP) is 6.14. The molecule has 4 aromatic rings. The molecule has 1 N–H and O–H groups in total. The maximum atomic E-state index is 14.1. The van der Waals surface area contributed by atoms with Gasteiger partial charge in [-0.05, 0) is 42.3 Å². The van der Waals surface area contributed by atoms with Gasteiger partial charge in [0.1, 0.15) is 0 Å². The lowest BCUT2D eigenvalue weighted by atomic mass is 10.0. The van der Waals surface area contributed by atoms with Crippen LogP contribution in [-0.4, -0.2) is 54.3 Å². The molecule has 6 rings (SSSR count). The van der Waals surface area contributed by atoms with E-state index in [0.717, 1.165) is 35.8 Å². The highest BCUT2D eigenvalue weighted by molar-refractivity contribution is 7.17. The van der Waals surface area contributed by atoms with Crippen LogP contribution in [0.25, 0.3) is 10.2 Å². The SMILES string of the molecule is CN1CCN(c2ccc(Nc3nc(N4N=CCC4c4ccccc4)c4sccc4n3)cc2C(F)(F)F)CC1. The van der Waals surface area contributed by atoms with Crippen molar-refractivity contribution in [1.82, 2.24) is 14.9 Å². The monoisotopic (exact) mass is 537 g/mol. The van der Waals surface area contributed by atoms with Gasteiger partial charge in [-0.1, -0.05) is 30.3 Å². The van der Waals surface area contributed by atoms with Crippen molar-refractivity contribution < 1.29 is 13.2 Å². The highest BCUT2D eigenvalue weighted by Gasteiger charge is 2.36. The molecule has 196 valence electrons. The lowest BCUT2D eigenvalue weighted by Gasteiger charge is -2.35. The third kappa shape index (κ3) is 4.79. The van der Waals surface area contributed by atoms with E-state index < -0.39 is 11.7 Å². The molecule has 0 amide bonds. The van der Waals surface area contributed by atoms with E-state index in [9.17, 15) is 13.2 Å². The topological polar surface area (TPSA) is 59.9 Å². The van der Waals surface area contributed by atoms with E-state index in [1.165, 1.54) is 17.4 Å². The zero-order valence-electron chi connectivity index (χ0n) is 20.7. The average molecular weight is 538 g/mol. The molecule has 2 aliphatic rings. The van der Waals surface area contributed by atoms with Crippen LogP contribution in [0.4, 0.5) is 36.3 Å². The van der Waals surface area contributed by atoms with Crippen molar-refractivity contribution in [3.8, 4) is 0 Å². The number of hydrazone groups is 1. The number of aromatic nitrogens is 2. The molecule has 0 radical (unpaired) electrons. The highest BCUT2D eigenvalue weighted by Crippen LogP contribution is 2.41. The summed E-state index contributed by atoms with van der Waals surface area (Å²) >= 11 is 1.51. The first-order valence-electron chi connectivity index (χ1n) is 12.4. The normalized spacial score (nSPS) is 18.5. The maximum absolute atomic E-state index is 14.1. The summed E-state index contributed by atoms with van der Waals surface area (Å²) in [5.41, 5.74) is 1.62. The molecule has 0 saturated carbocycles. The second-order valence-corrected chi connectivity index (χ2v) is 10.4. The first-order valence-corrected chi connectivity index (χ1v) is 13.3. The summed E-state index contributed by atoms with van der Waals surface area (Å²) in [6, 6.07) is 16.3. The van der Waals surface area contributed by atoms with Gasteiger partial charge in [-0.2, -0.15) is 23.3 Å².